The number of aryl methyl sites for hydroxylation is 1. The largest absolute Gasteiger partial charge is 0.361 e. The van der Waals surface area contributed by atoms with Gasteiger partial charge >= 0.3 is 0 Å². The summed E-state index contributed by atoms with van der Waals surface area (Å²) in [6.07, 6.45) is 1.42. The summed E-state index contributed by atoms with van der Waals surface area (Å²) in [5.41, 5.74) is 1.44. The normalized spacial score (nSPS) is 12.2. The highest BCUT2D eigenvalue weighted by Crippen LogP contribution is 2.17. The first-order valence-electron chi connectivity index (χ1n) is 5.55. The van der Waals surface area contributed by atoms with Crippen LogP contribution in [0.2, 0.25) is 5.02 Å². The molecular formula is C13H13ClN2O2. The maximum atomic E-state index is 11.9. The molecule has 0 spiro atoms. The Kier molecular flexibility index (Phi) is 3.67. The van der Waals surface area contributed by atoms with Crippen LogP contribution in [0.3, 0.4) is 0 Å². The van der Waals surface area contributed by atoms with Gasteiger partial charge in [0.05, 0.1) is 12.2 Å². The van der Waals surface area contributed by atoms with E-state index in [1.54, 1.807) is 19.1 Å². The number of halogens is 1. The Morgan fingerprint density at radius 3 is 2.61 bits per heavy atom. The van der Waals surface area contributed by atoms with E-state index >= 15 is 0 Å². The molecule has 0 aliphatic rings. The monoisotopic (exact) mass is 264 g/mol. The van der Waals surface area contributed by atoms with E-state index < -0.39 is 0 Å². The molecule has 0 bridgehead atoms. The molecule has 0 saturated carbocycles. The second kappa shape index (κ2) is 5.23. The zero-order chi connectivity index (χ0) is 13.1. The summed E-state index contributed by atoms with van der Waals surface area (Å²) >= 11 is 5.82. The fourth-order valence-electron chi connectivity index (χ4n) is 1.63. The average Bonchev–Trinajstić information content (AvgIpc) is 2.76. The standard InChI is InChI=1S/C13H13ClN2O2/c1-8(10-3-5-11(14)6-4-10)16-13(17)12-7-15-18-9(12)2/h3-8H,1-2H3,(H,16,17)/t8-/m0/s1. The summed E-state index contributed by atoms with van der Waals surface area (Å²) < 4.78 is 4.86. The van der Waals surface area contributed by atoms with Gasteiger partial charge in [-0.3, -0.25) is 4.79 Å². The van der Waals surface area contributed by atoms with E-state index in [9.17, 15) is 4.79 Å². The number of nitrogens with zero attached hydrogens (tertiary/aromatic N) is 1. The van der Waals surface area contributed by atoms with Crippen molar-refractivity contribution in [3.05, 3.63) is 52.4 Å². The quantitative estimate of drug-likeness (QED) is 0.927. The highest BCUT2D eigenvalue weighted by Gasteiger charge is 2.15. The van der Waals surface area contributed by atoms with Crippen molar-refractivity contribution in [3.63, 3.8) is 0 Å². The number of carbonyl (C=O) groups excluding carboxylic acids is 1. The van der Waals surface area contributed by atoms with Crippen LogP contribution >= 0.6 is 11.6 Å². The highest BCUT2D eigenvalue weighted by atomic mass is 35.5. The third-order valence-electron chi connectivity index (χ3n) is 2.71. The van der Waals surface area contributed by atoms with E-state index in [-0.39, 0.29) is 11.9 Å². The lowest BCUT2D eigenvalue weighted by atomic mass is 10.1. The molecule has 2 aromatic rings. The molecule has 94 valence electrons. The molecule has 2 rings (SSSR count). The van der Waals surface area contributed by atoms with Crippen LogP contribution in [0.5, 0.6) is 0 Å². The van der Waals surface area contributed by atoms with Gasteiger partial charge in [0.25, 0.3) is 5.91 Å². The number of nitrogens with one attached hydrogen (secondary N) is 1. The molecular weight excluding hydrogens is 252 g/mol. The fourth-order valence-corrected chi connectivity index (χ4v) is 1.75. The number of hydrogen-bond donors (Lipinski definition) is 1. The lowest BCUT2D eigenvalue weighted by Gasteiger charge is -2.13. The van der Waals surface area contributed by atoms with Crippen LogP contribution in [0.1, 0.15) is 34.6 Å². The van der Waals surface area contributed by atoms with Crippen molar-refractivity contribution in [2.24, 2.45) is 0 Å². The van der Waals surface area contributed by atoms with Crippen LogP contribution in [-0.4, -0.2) is 11.1 Å². The van der Waals surface area contributed by atoms with Gasteiger partial charge in [0.2, 0.25) is 0 Å². The van der Waals surface area contributed by atoms with Crippen molar-refractivity contribution in [2.75, 3.05) is 0 Å². The summed E-state index contributed by atoms with van der Waals surface area (Å²) in [7, 11) is 0. The van der Waals surface area contributed by atoms with Gasteiger partial charge in [-0.2, -0.15) is 0 Å². The fraction of sp³-hybridized carbons (Fsp3) is 0.231. The van der Waals surface area contributed by atoms with E-state index in [1.165, 1.54) is 6.20 Å². The van der Waals surface area contributed by atoms with E-state index in [0.29, 0.717) is 16.3 Å². The van der Waals surface area contributed by atoms with Gasteiger partial charge in [-0.05, 0) is 31.5 Å². The maximum absolute atomic E-state index is 11.9. The van der Waals surface area contributed by atoms with Crippen molar-refractivity contribution in [3.8, 4) is 0 Å². The van der Waals surface area contributed by atoms with Crippen LogP contribution in [0.15, 0.2) is 35.0 Å². The first kappa shape index (κ1) is 12.6. The lowest BCUT2D eigenvalue weighted by molar-refractivity contribution is 0.0938. The molecule has 1 heterocycles. The Morgan fingerprint density at radius 1 is 1.39 bits per heavy atom. The van der Waals surface area contributed by atoms with Crippen LogP contribution in [-0.2, 0) is 0 Å². The van der Waals surface area contributed by atoms with Gasteiger partial charge < -0.3 is 9.84 Å². The van der Waals surface area contributed by atoms with E-state index in [0.717, 1.165) is 5.56 Å². The number of carbonyl (C=O) groups is 1. The van der Waals surface area contributed by atoms with Crippen LogP contribution < -0.4 is 5.32 Å². The predicted octanol–water partition coefficient (Wildman–Crippen LogP) is 3.13. The lowest BCUT2D eigenvalue weighted by Crippen LogP contribution is -2.26. The summed E-state index contributed by atoms with van der Waals surface area (Å²) in [6.45, 7) is 3.61. The Hall–Kier alpha value is -1.81. The van der Waals surface area contributed by atoms with Crippen molar-refractivity contribution in [1.29, 1.82) is 0 Å². The van der Waals surface area contributed by atoms with E-state index in [2.05, 4.69) is 10.5 Å². The molecule has 1 amide bonds. The number of benzene rings is 1. The predicted molar refractivity (Wildman–Crippen MR) is 68.6 cm³/mol. The molecule has 0 radical (unpaired) electrons. The molecule has 1 aromatic heterocycles. The molecule has 1 atom stereocenters. The Morgan fingerprint density at radius 2 is 2.06 bits per heavy atom. The smallest absolute Gasteiger partial charge is 0.256 e. The van der Waals surface area contributed by atoms with Crippen molar-refractivity contribution in [2.45, 2.75) is 19.9 Å². The molecule has 5 heteroatoms. The van der Waals surface area contributed by atoms with Gasteiger partial charge in [0, 0.05) is 5.02 Å². The Bertz CT molecular complexity index is 548. The Balaban J connectivity index is 2.08. The second-order valence-corrected chi connectivity index (χ2v) is 4.48. The molecule has 1 N–H and O–H groups in total. The highest BCUT2D eigenvalue weighted by molar-refractivity contribution is 6.30. The summed E-state index contributed by atoms with van der Waals surface area (Å²) in [5.74, 6) is 0.312. The summed E-state index contributed by atoms with van der Waals surface area (Å²) in [5, 5.41) is 7.13. The van der Waals surface area contributed by atoms with Gasteiger partial charge in [0.15, 0.2) is 0 Å². The molecule has 4 nitrogen and oxygen atoms in total. The minimum Gasteiger partial charge on any atom is -0.361 e. The molecule has 1 aromatic carbocycles. The Labute approximate surface area is 110 Å². The van der Waals surface area contributed by atoms with Gasteiger partial charge in [-0.15, -0.1) is 0 Å². The SMILES string of the molecule is Cc1oncc1C(=O)N[C@@H](C)c1ccc(Cl)cc1. The van der Waals surface area contributed by atoms with E-state index in [4.69, 9.17) is 16.1 Å². The second-order valence-electron chi connectivity index (χ2n) is 4.04. The van der Waals surface area contributed by atoms with Crippen molar-refractivity contribution in [1.82, 2.24) is 10.5 Å². The van der Waals surface area contributed by atoms with Gasteiger partial charge in [-0.1, -0.05) is 28.9 Å². The molecule has 0 aliphatic carbocycles. The number of hydrogen-bond acceptors (Lipinski definition) is 3. The zero-order valence-corrected chi connectivity index (χ0v) is 10.9. The minimum atomic E-state index is -0.198. The maximum Gasteiger partial charge on any atom is 0.256 e. The number of aromatic nitrogens is 1. The average molecular weight is 265 g/mol. The number of amides is 1. The van der Waals surface area contributed by atoms with E-state index in [1.807, 2.05) is 19.1 Å². The third-order valence-corrected chi connectivity index (χ3v) is 2.96. The first-order valence-corrected chi connectivity index (χ1v) is 5.93. The number of rotatable bonds is 3. The minimum absolute atomic E-state index is 0.107. The van der Waals surface area contributed by atoms with Crippen molar-refractivity contribution >= 4 is 17.5 Å². The molecule has 0 unspecified atom stereocenters. The van der Waals surface area contributed by atoms with Gasteiger partial charge in [0.1, 0.15) is 11.3 Å². The third kappa shape index (κ3) is 2.71. The van der Waals surface area contributed by atoms with Crippen molar-refractivity contribution < 1.29 is 9.32 Å². The van der Waals surface area contributed by atoms with Crippen LogP contribution in [0.25, 0.3) is 0 Å². The molecule has 0 fully saturated rings. The molecule has 18 heavy (non-hydrogen) atoms. The van der Waals surface area contributed by atoms with Gasteiger partial charge in [-0.25, -0.2) is 0 Å². The topological polar surface area (TPSA) is 55.1 Å². The zero-order valence-electron chi connectivity index (χ0n) is 10.1. The summed E-state index contributed by atoms with van der Waals surface area (Å²) in [6, 6.07) is 7.25. The van der Waals surface area contributed by atoms with Crippen LogP contribution in [0.4, 0.5) is 0 Å². The first-order chi connectivity index (χ1) is 8.58. The molecule has 0 aliphatic heterocycles. The molecule has 0 saturated heterocycles. The van der Waals surface area contributed by atoms with Crippen LogP contribution in [0, 0.1) is 6.92 Å². The summed E-state index contributed by atoms with van der Waals surface area (Å²) in [4.78, 5) is 11.9.